The normalized spacial score (nSPS) is 11.5. The second kappa shape index (κ2) is 7.62. The van der Waals surface area contributed by atoms with E-state index in [1.807, 2.05) is 61.9 Å². The Bertz CT molecular complexity index is 1680. The standard InChI is InChI=1S/C28H27N3O2/c1-17-7-6-8-22(14-17)31-27(32)26-25(23-15-19(3)10-12-24(23)29(26)5)30(28(31)33)16-21-13-18(2)9-11-20(21)4/h6-15H,16H2,1-5H3. The van der Waals surface area contributed by atoms with E-state index in [0.717, 1.165) is 38.7 Å². The molecule has 0 spiro atoms. The van der Waals surface area contributed by atoms with Gasteiger partial charge in [-0.05, 0) is 68.7 Å². The average Bonchev–Trinajstić information content (AvgIpc) is 3.05. The summed E-state index contributed by atoms with van der Waals surface area (Å²) in [6.45, 7) is 8.49. The number of rotatable bonds is 3. The van der Waals surface area contributed by atoms with Gasteiger partial charge in [-0.25, -0.2) is 9.36 Å². The van der Waals surface area contributed by atoms with E-state index in [-0.39, 0.29) is 11.2 Å². The number of fused-ring (bicyclic) bond motifs is 3. The van der Waals surface area contributed by atoms with Crippen LogP contribution >= 0.6 is 0 Å². The molecule has 0 aliphatic rings. The minimum Gasteiger partial charge on any atom is -0.338 e. The summed E-state index contributed by atoms with van der Waals surface area (Å²) in [5.74, 6) is 0. The zero-order chi connectivity index (χ0) is 23.4. The monoisotopic (exact) mass is 437 g/mol. The molecule has 33 heavy (non-hydrogen) atoms. The summed E-state index contributed by atoms with van der Waals surface area (Å²) in [6, 6.07) is 19.9. The lowest BCUT2D eigenvalue weighted by Crippen LogP contribution is -2.39. The Hall–Kier alpha value is -3.86. The minimum absolute atomic E-state index is 0.297. The van der Waals surface area contributed by atoms with Gasteiger partial charge in [0.15, 0.2) is 0 Å². The lowest BCUT2D eigenvalue weighted by Gasteiger charge is -2.15. The van der Waals surface area contributed by atoms with Gasteiger partial charge in [0.2, 0.25) is 0 Å². The van der Waals surface area contributed by atoms with Crippen molar-refractivity contribution >= 4 is 21.9 Å². The maximum absolute atomic E-state index is 14.0. The molecule has 5 nitrogen and oxygen atoms in total. The summed E-state index contributed by atoms with van der Waals surface area (Å²) in [7, 11) is 1.90. The second-order valence-electron chi connectivity index (χ2n) is 9.06. The molecule has 0 saturated carbocycles. The van der Waals surface area contributed by atoms with Crippen LogP contribution in [0, 0.1) is 27.7 Å². The minimum atomic E-state index is -0.326. The van der Waals surface area contributed by atoms with E-state index in [9.17, 15) is 9.59 Å². The van der Waals surface area contributed by atoms with Gasteiger partial charge in [0.05, 0.1) is 23.3 Å². The first-order valence-corrected chi connectivity index (χ1v) is 11.1. The van der Waals surface area contributed by atoms with E-state index in [1.165, 1.54) is 4.57 Å². The molecule has 2 heterocycles. The molecular formula is C28H27N3O2. The van der Waals surface area contributed by atoms with E-state index in [4.69, 9.17) is 0 Å². The fourth-order valence-electron chi connectivity index (χ4n) is 4.75. The van der Waals surface area contributed by atoms with Crippen molar-refractivity contribution in [1.29, 1.82) is 0 Å². The van der Waals surface area contributed by atoms with Gasteiger partial charge in [0.1, 0.15) is 5.52 Å². The molecule has 166 valence electrons. The Balaban J connectivity index is 1.96. The highest BCUT2D eigenvalue weighted by Gasteiger charge is 2.21. The Morgan fingerprint density at radius 1 is 0.758 bits per heavy atom. The number of hydrogen-bond donors (Lipinski definition) is 0. The van der Waals surface area contributed by atoms with Crippen LogP contribution < -0.4 is 11.2 Å². The summed E-state index contributed by atoms with van der Waals surface area (Å²) >= 11 is 0. The van der Waals surface area contributed by atoms with E-state index < -0.39 is 0 Å². The van der Waals surface area contributed by atoms with Crippen molar-refractivity contribution in [2.24, 2.45) is 7.05 Å². The topological polar surface area (TPSA) is 48.9 Å². The molecule has 0 unspecified atom stereocenters. The van der Waals surface area contributed by atoms with Gasteiger partial charge in [0.25, 0.3) is 5.56 Å². The predicted molar refractivity (Wildman–Crippen MR) is 135 cm³/mol. The highest BCUT2D eigenvalue weighted by molar-refractivity contribution is 6.06. The first-order chi connectivity index (χ1) is 15.8. The highest BCUT2D eigenvalue weighted by Crippen LogP contribution is 2.27. The van der Waals surface area contributed by atoms with E-state index in [2.05, 4.69) is 38.1 Å². The van der Waals surface area contributed by atoms with Crippen molar-refractivity contribution in [2.45, 2.75) is 34.2 Å². The summed E-state index contributed by atoms with van der Waals surface area (Å²) in [5.41, 5.74) is 7.52. The largest absolute Gasteiger partial charge is 0.338 e. The van der Waals surface area contributed by atoms with Gasteiger partial charge in [-0.15, -0.1) is 0 Å². The van der Waals surface area contributed by atoms with Crippen LogP contribution in [0.3, 0.4) is 0 Å². The van der Waals surface area contributed by atoms with Crippen LogP contribution in [0.25, 0.3) is 27.6 Å². The summed E-state index contributed by atoms with van der Waals surface area (Å²) < 4.78 is 4.99. The van der Waals surface area contributed by atoms with Gasteiger partial charge in [-0.2, -0.15) is 0 Å². The van der Waals surface area contributed by atoms with Crippen molar-refractivity contribution < 1.29 is 0 Å². The maximum atomic E-state index is 14.0. The first kappa shape index (κ1) is 21.0. The van der Waals surface area contributed by atoms with Crippen LogP contribution in [-0.4, -0.2) is 13.7 Å². The Kier molecular flexibility index (Phi) is 4.85. The number of aryl methyl sites for hydroxylation is 5. The molecule has 0 aliphatic carbocycles. The Labute approximate surface area is 192 Å². The van der Waals surface area contributed by atoms with Crippen molar-refractivity contribution in [2.75, 3.05) is 0 Å². The molecule has 3 aromatic carbocycles. The van der Waals surface area contributed by atoms with E-state index >= 15 is 0 Å². The molecule has 0 amide bonds. The quantitative estimate of drug-likeness (QED) is 0.402. The SMILES string of the molecule is Cc1cccc(-n2c(=O)c3c(c4cc(C)ccc4n3C)n(Cc3cc(C)ccc3C)c2=O)c1. The number of hydrogen-bond acceptors (Lipinski definition) is 2. The third-order valence-electron chi connectivity index (χ3n) is 6.52. The van der Waals surface area contributed by atoms with Gasteiger partial charge in [-0.1, -0.05) is 47.5 Å². The summed E-state index contributed by atoms with van der Waals surface area (Å²) in [4.78, 5) is 27.8. The zero-order valence-corrected chi connectivity index (χ0v) is 19.6. The van der Waals surface area contributed by atoms with E-state index in [0.29, 0.717) is 23.3 Å². The van der Waals surface area contributed by atoms with Gasteiger partial charge in [-0.3, -0.25) is 9.36 Å². The highest BCUT2D eigenvalue weighted by atomic mass is 16.2. The van der Waals surface area contributed by atoms with E-state index in [1.54, 1.807) is 4.57 Å². The molecular weight excluding hydrogens is 410 g/mol. The molecule has 0 fully saturated rings. The summed E-state index contributed by atoms with van der Waals surface area (Å²) in [5, 5.41) is 0.920. The lowest BCUT2D eigenvalue weighted by atomic mass is 10.1. The number of nitrogens with zero attached hydrogens (tertiary/aromatic N) is 3. The zero-order valence-electron chi connectivity index (χ0n) is 19.6. The Morgan fingerprint density at radius 3 is 2.21 bits per heavy atom. The van der Waals surface area contributed by atoms with Crippen molar-refractivity contribution in [3.63, 3.8) is 0 Å². The molecule has 0 aliphatic heterocycles. The van der Waals surface area contributed by atoms with Crippen LogP contribution in [0.1, 0.15) is 27.8 Å². The van der Waals surface area contributed by atoms with Gasteiger partial charge in [0, 0.05) is 12.4 Å². The fraction of sp³-hybridized carbons (Fsp3) is 0.214. The fourth-order valence-corrected chi connectivity index (χ4v) is 4.75. The average molecular weight is 438 g/mol. The molecule has 5 heteroatoms. The summed E-state index contributed by atoms with van der Waals surface area (Å²) in [6.07, 6.45) is 0. The molecule has 5 aromatic rings. The third kappa shape index (κ3) is 3.32. The van der Waals surface area contributed by atoms with Crippen LogP contribution in [0.4, 0.5) is 0 Å². The van der Waals surface area contributed by atoms with Crippen LogP contribution in [-0.2, 0) is 13.6 Å². The molecule has 0 bridgehead atoms. The molecule has 5 rings (SSSR count). The third-order valence-corrected chi connectivity index (χ3v) is 6.52. The van der Waals surface area contributed by atoms with Crippen LogP contribution in [0.5, 0.6) is 0 Å². The Morgan fingerprint density at radius 2 is 1.45 bits per heavy atom. The smallest absolute Gasteiger partial charge is 0.336 e. The van der Waals surface area contributed by atoms with Crippen LogP contribution in [0.15, 0.2) is 70.3 Å². The molecule has 0 N–H and O–H groups in total. The van der Waals surface area contributed by atoms with Crippen LogP contribution in [0.2, 0.25) is 0 Å². The van der Waals surface area contributed by atoms with Crippen molar-refractivity contribution in [1.82, 2.24) is 13.7 Å². The van der Waals surface area contributed by atoms with Crippen molar-refractivity contribution in [3.8, 4) is 5.69 Å². The number of benzene rings is 3. The maximum Gasteiger partial charge on any atom is 0.336 e. The lowest BCUT2D eigenvalue weighted by molar-refractivity contribution is 0.709. The second-order valence-corrected chi connectivity index (χ2v) is 9.06. The predicted octanol–water partition coefficient (Wildman–Crippen LogP) is 4.93. The molecule has 2 aromatic heterocycles. The van der Waals surface area contributed by atoms with Crippen molar-refractivity contribution in [3.05, 3.63) is 109 Å². The number of aromatic nitrogens is 3. The molecule has 0 radical (unpaired) electrons. The van der Waals surface area contributed by atoms with Gasteiger partial charge >= 0.3 is 5.69 Å². The van der Waals surface area contributed by atoms with Gasteiger partial charge < -0.3 is 4.57 Å². The molecule has 0 atom stereocenters. The first-order valence-electron chi connectivity index (χ1n) is 11.1. The molecule has 0 saturated heterocycles.